The summed E-state index contributed by atoms with van der Waals surface area (Å²) in [5, 5.41) is 0. The molecule has 0 saturated carbocycles. The predicted octanol–water partition coefficient (Wildman–Crippen LogP) is -4.13. The molecule has 0 aromatic rings. The van der Waals surface area contributed by atoms with Crippen molar-refractivity contribution in [3.63, 3.8) is 0 Å². The summed E-state index contributed by atoms with van der Waals surface area (Å²) in [5.41, 5.74) is 0. The maximum Gasteiger partial charge on any atom is 0.0777 e. The Bertz CT molecular complexity index is 23.0. The van der Waals surface area contributed by atoms with Gasteiger partial charge in [0.05, 0.1) is 14.9 Å². The molecular weight excluding hydrogens is 300 g/mol. The largest absolute Gasteiger partial charge is 0.183 e. The molecule has 0 bridgehead atoms. The SMILES string of the molecule is [Hg].[O-][Cl+3]([O-])([O-])O. The monoisotopic (exact) mass is 302 g/mol. The van der Waals surface area contributed by atoms with Crippen LogP contribution in [0.3, 0.4) is 0 Å². The van der Waals surface area contributed by atoms with Crippen LogP contribution in [0.4, 0.5) is 0 Å². The van der Waals surface area contributed by atoms with E-state index in [-0.39, 0.29) is 27.7 Å². The average Bonchev–Trinajstić information content (AvgIpc) is 0.722. The van der Waals surface area contributed by atoms with Crippen molar-refractivity contribution in [3.05, 3.63) is 0 Å². The molecule has 0 unspecified atom stereocenters. The zero-order valence-electron chi connectivity index (χ0n) is 2.76. The van der Waals surface area contributed by atoms with Gasteiger partial charge < -0.3 is 0 Å². The Hall–Kier alpha value is 1.07. The number of hydrogen-bond acceptors (Lipinski definition) is 4. The Morgan fingerprint density at radius 3 is 1.17 bits per heavy atom. The van der Waals surface area contributed by atoms with Gasteiger partial charge in [0.25, 0.3) is 0 Å². The van der Waals surface area contributed by atoms with Crippen LogP contribution in [0.2, 0.25) is 0 Å². The fraction of sp³-hybridized carbons (Fsp3) is 0. The van der Waals surface area contributed by atoms with E-state index >= 15 is 0 Å². The second-order valence-corrected chi connectivity index (χ2v) is 1.19. The van der Waals surface area contributed by atoms with E-state index in [2.05, 4.69) is 0 Å². The normalized spacial score (nSPS) is 10.0. The summed E-state index contributed by atoms with van der Waals surface area (Å²) in [6.45, 7) is 0. The molecule has 6 heavy (non-hydrogen) atoms. The van der Waals surface area contributed by atoms with Gasteiger partial charge in [0, 0.05) is 27.7 Å². The van der Waals surface area contributed by atoms with Crippen molar-refractivity contribution in [1.82, 2.24) is 0 Å². The molecule has 0 aliphatic carbocycles. The van der Waals surface area contributed by atoms with Crippen molar-refractivity contribution in [2.75, 3.05) is 0 Å². The van der Waals surface area contributed by atoms with E-state index in [0.29, 0.717) is 0 Å². The fourth-order valence-corrected chi connectivity index (χ4v) is 0. The summed E-state index contributed by atoms with van der Waals surface area (Å²) in [6.07, 6.45) is 0. The van der Waals surface area contributed by atoms with Crippen LogP contribution >= 0.6 is 0 Å². The van der Waals surface area contributed by atoms with Crippen LogP contribution in [0.1, 0.15) is 0 Å². The van der Waals surface area contributed by atoms with Crippen molar-refractivity contribution >= 4 is 0 Å². The molecule has 0 aliphatic heterocycles. The van der Waals surface area contributed by atoms with Crippen molar-refractivity contribution in [1.29, 1.82) is 0 Å². The van der Waals surface area contributed by atoms with Crippen LogP contribution in [0.15, 0.2) is 0 Å². The summed E-state index contributed by atoms with van der Waals surface area (Å²) >= 11 is 0. The smallest absolute Gasteiger partial charge is 0.0777 e. The van der Waals surface area contributed by atoms with Gasteiger partial charge in [-0.15, -0.1) is 0 Å². The molecule has 0 spiro atoms. The van der Waals surface area contributed by atoms with E-state index in [1.165, 1.54) is 0 Å². The van der Waals surface area contributed by atoms with E-state index in [0.717, 1.165) is 0 Å². The van der Waals surface area contributed by atoms with Gasteiger partial charge in [-0.2, -0.15) is 14.0 Å². The number of hydrogen-bond donors (Lipinski definition) is 1. The van der Waals surface area contributed by atoms with E-state index in [1.807, 2.05) is 0 Å². The minimum atomic E-state index is -4.69. The van der Waals surface area contributed by atoms with Crippen molar-refractivity contribution < 1.29 is 56.5 Å². The maximum absolute atomic E-state index is 8.60. The van der Waals surface area contributed by atoms with E-state index in [9.17, 15) is 0 Å². The molecule has 0 radical (unpaired) electrons. The Morgan fingerprint density at radius 1 is 1.17 bits per heavy atom. The van der Waals surface area contributed by atoms with Gasteiger partial charge in [0.1, 0.15) is 0 Å². The molecule has 0 rings (SSSR count). The van der Waals surface area contributed by atoms with Gasteiger partial charge in [-0.25, -0.2) is 0 Å². The zero-order valence-corrected chi connectivity index (χ0v) is 9.01. The van der Waals surface area contributed by atoms with Crippen molar-refractivity contribution in [3.8, 4) is 0 Å². The van der Waals surface area contributed by atoms with Crippen molar-refractivity contribution in [2.45, 2.75) is 0 Å². The molecule has 0 fully saturated rings. The fourth-order valence-electron chi connectivity index (χ4n) is 0. The topological polar surface area (TPSA) is 89.4 Å². The van der Waals surface area contributed by atoms with E-state index < -0.39 is 10.2 Å². The molecule has 1 N–H and O–H groups in total. The Kier molecular flexibility index (Phi) is 5.26. The summed E-state index contributed by atoms with van der Waals surface area (Å²) in [5.74, 6) is 0. The summed E-state index contributed by atoms with van der Waals surface area (Å²) in [7, 11) is -4.69. The van der Waals surface area contributed by atoms with Gasteiger partial charge >= 0.3 is 0 Å². The van der Waals surface area contributed by atoms with Gasteiger partial charge in [-0.05, 0) is 0 Å². The number of halogens is 1. The average molecular weight is 301 g/mol. The van der Waals surface area contributed by atoms with E-state index in [4.69, 9.17) is 18.6 Å². The first kappa shape index (κ1) is 10.1. The second-order valence-electron chi connectivity index (χ2n) is 0.396. The minimum absolute atomic E-state index is 0. The third kappa shape index (κ3) is 73.8. The molecular formula is HClHgO4. The van der Waals surface area contributed by atoms with Gasteiger partial charge in [-0.3, -0.25) is 0 Å². The Morgan fingerprint density at radius 2 is 1.17 bits per heavy atom. The zero-order chi connectivity index (χ0) is 4.50. The van der Waals surface area contributed by atoms with Crippen LogP contribution < -0.4 is 14.0 Å². The summed E-state index contributed by atoms with van der Waals surface area (Å²) < 4.78 is 32.7. The first-order valence-electron chi connectivity index (χ1n) is 0.632. The molecule has 0 heterocycles. The number of rotatable bonds is 0. The summed E-state index contributed by atoms with van der Waals surface area (Å²) in [6, 6.07) is 0. The summed E-state index contributed by atoms with van der Waals surface area (Å²) in [4.78, 5) is 0. The van der Waals surface area contributed by atoms with Crippen LogP contribution in [-0.2, 0) is 27.7 Å². The van der Waals surface area contributed by atoms with Crippen LogP contribution in [-0.4, -0.2) is 4.66 Å². The Labute approximate surface area is 56.6 Å². The van der Waals surface area contributed by atoms with Crippen molar-refractivity contribution in [2.24, 2.45) is 0 Å². The molecule has 4 nitrogen and oxygen atoms in total. The first-order chi connectivity index (χ1) is 2.00. The Balaban J connectivity index is 0. The van der Waals surface area contributed by atoms with E-state index in [1.54, 1.807) is 0 Å². The molecule has 0 aliphatic rings. The third-order valence-corrected chi connectivity index (χ3v) is 0. The maximum atomic E-state index is 8.60. The molecule has 34 valence electrons. The second kappa shape index (κ2) is 3.12. The molecule has 6 heteroatoms. The predicted molar refractivity (Wildman–Crippen MR) is 2.22 cm³/mol. The molecule has 0 amide bonds. The molecule has 0 aromatic heterocycles. The van der Waals surface area contributed by atoms with Crippen LogP contribution in [0, 0.1) is 10.2 Å². The molecule has 0 aromatic carbocycles. The van der Waals surface area contributed by atoms with Gasteiger partial charge in [0.15, 0.2) is 0 Å². The van der Waals surface area contributed by atoms with Gasteiger partial charge in [-0.1, -0.05) is 0 Å². The standard InChI is InChI=1S/ClHO4.Hg/c2-1(3,4)5;/h(H,2,3,4,5);. The molecule has 0 atom stereocenters. The third-order valence-electron chi connectivity index (χ3n) is 0. The minimum Gasteiger partial charge on any atom is -0.183 e. The van der Waals surface area contributed by atoms with Gasteiger partial charge in [0.2, 0.25) is 0 Å². The van der Waals surface area contributed by atoms with Crippen LogP contribution in [0.25, 0.3) is 0 Å². The first-order valence-corrected chi connectivity index (χ1v) is 1.90. The quantitative estimate of drug-likeness (QED) is 0.460. The molecule has 0 saturated heterocycles. The van der Waals surface area contributed by atoms with Crippen LogP contribution in [0.5, 0.6) is 0 Å².